The molecule has 0 bridgehead atoms. The highest BCUT2D eigenvalue weighted by Crippen LogP contribution is 2.28. The Morgan fingerprint density at radius 2 is 2.13 bits per heavy atom. The van der Waals surface area contributed by atoms with Crippen LogP contribution in [0.25, 0.3) is 11.3 Å². The fourth-order valence-electron chi connectivity index (χ4n) is 2.10. The number of rotatable bonds is 5. The Morgan fingerprint density at radius 1 is 1.26 bits per heavy atom. The average molecular weight is 309 g/mol. The van der Waals surface area contributed by atoms with Crippen molar-refractivity contribution in [1.82, 2.24) is 19.7 Å². The smallest absolute Gasteiger partial charge is 0.212 e. The number of nitrogens with zero attached hydrogens (tertiary/aromatic N) is 4. The first-order valence-electron chi connectivity index (χ1n) is 6.95. The Morgan fingerprint density at radius 3 is 2.83 bits per heavy atom. The normalized spacial score (nSPS) is 10.3. The first-order valence-corrected chi connectivity index (χ1v) is 6.95. The minimum absolute atomic E-state index is 0.482. The molecule has 7 nitrogen and oxygen atoms in total. The number of hydrogen-bond acceptors (Lipinski definition) is 5. The monoisotopic (exact) mass is 309 g/mol. The minimum Gasteiger partial charge on any atom is -0.455 e. The molecule has 0 aliphatic carbocycles. The SMILES string of the molecule is Cc1cc(NC=O)ncc1Oc1ccnc(-c2cnn(C)c2)c1. The Kier molecular flexibility index (Phi) is 4.01. The van der Waals surface area contributed by atoms with Gasteiger partial charge in [-0.15, -0.1) is 0 Å². The van der Waals surface area contributed by atoms with Gasteiger partial charge in [-0.3, -0.25) is 14.5 Å². The summed E-state index contributed by atoms with van der Waals surface area (Å²) in [6.45, 7) is 1.89. The van der Waals surface area contributed by atoms with Crippen LogP contribution in [0.3, 0.4) is 0 Å². The standard InChI is InChI=1S/C16H15N5O2/c1-11-5-16(19-10-22)18-8-15(11)23-13-3-4-17-14(6-13)12-7-20-21(2)9-12/h3-10H,1-2H3,(H,18,19,22). The first kappa shape index (κ1) is 14.7. The van der Waals surface area contributed by atoms with Gasteiger partial charge in [0.2, 0.25) is 6.41 Å². The Balaban J connectivity index is 1.84. The van der Waals surface area contributed by atoms with Crippen LogP contribution in [0.2, 0.25) is 0 Å². The molecule has 0 aromatic carbocycles. The molecule has 3 heterocycles. The lowest BCUT2D eigenvalue weighted by Gasteiger charge is -2.10. The summed E-state index contributed by atoms with van der Waals surface area (Å²) in [5.41, 5.74) is 2.56. The quantitative estimate of drug-likeness (QED) is 0.732. The van der Waals surface area contributed by atoms with Crippen LogP contribution in [0, 0.1) is 6.92 Å². The molecule has 0 saturated heterocycles. The highest BCUT2D eigenvalue weighted by molar-refractivity contribution is 5.69. The highest BCUT2D eigenvalue weighted by atomic mass is 16.5. The zero-order valence-electron chi connectivity index (χ0n) is 12.7. The van der Waals surface area contributed by atoms with Crippen LogP contribution >= 0.6 is 0 Å². The largest absolute Gasteiger partial charge is 0.455 e. The van der Waals surface area contributed by atoms with Gasteiger partial charge in [-0.25, -0.2) is 4.98 Å². The van der Waals surface area contributed by atoms with Crippen molar-refractivity contribution < 1.29 is 9.53 Å². The van der Waals surface area contributed by atoms with Crippen LogP contribution < -0.4 is 10.1 Å². The summed E-state index contributed by atoms with van der Waals surface area (Å²) in [4.78, 5) is 18.9. The van der Waals surface area contributed by atoms with Gasteiger partial charge in [0.1, 0.15) is 17.3 Å². The summed E-state index contributed by atoms with van der Waals surface area (Å²) in [6.07, 6.45) is 7.48. The molecule has 0 aliphatic heterocycles. The van der Waals surface area contributed by atoms with E-state index in [4.69, 9.17) is 4.74 Å². The van der Waals surface area contributed by atoms with Crippen molar-refractivity contribution in [2.24, 2.45) is 7.05 Å². The summed E-state index contributed by atoms with van der Waals surface area (Å²) < 4.78 is 7.59. The van der Waals surface area contributed by atoms with E-state index >= 15 is 0 Å². The number of aromatic nitrogens is 4. The first-order chi connectivity index (χ1) is 11.2. The number of nitrogens with one attached hydrogen (secondary N) is 1. The van der Waals surface area contributed by atoms with Crippen molar-refractivity contribution in [3.05, 3.63) is 48.5 Å². The van der Waals surface area contributed by atoms with Gasteiger partial charge in [0.05, 0.1) is 18.1 Å². The van der Waals surface area contributed by atoms with Gasteiger partial charge in [-0.05, 0) is 24.6 Å². The van der Waals surface area contributed by atoms with Crippen molar-refractivity contribution in [1.29, 1.82) is 0 Å². The Labute approximate surface area is 133 Å². The Bertz CT molecular complexity index is 844. The third-order valence-corrected chi connectivity index (χ3v) is 3.23. The van der Waals surface area contributed by atoms with Crippen molar-refractivity contribution >= 4 is 12.2 Å². The van der Waals surface area contributed by atoms with Crippen molar-refractivity contribution in [2.45, 2.75) is 6.92 Å². The number of aryl methyl sites for hydroxylation is 2. The molecule has 0 radical (unpaired) electrons. The molecule has 0 fully saturated rings. The molecule has 23 heavy (non-hydrogen) atoms. The van der Waals surface area contributed by atoms with Gasteiger partial charge < -0.3 is 10.1 Å². The van der Waals surface area contributed by atoms with E-state index in [1.54, 1.807) is 35.4 Å². The maximum absolute atomic E-state index is 10.4. The second-order valence-corrected chi connectivity index (χ2v) is 4.98. The molecule has 0 saturated carbocycles. The molecule has 0 atom stereocenters. The number of carbonyl (C=O) groups is 1. The molecule has 3 aromatic heterocycles. The predicted molar refractivity (Wildman–Crippen MR) is 85.2 cm³/mol. The number of hydrogen-bond donors (Lipinski definition) is 1. The molecule has 0 aliphatic rings. The number of anilines is 1. The van der Waals surface area contributed by atoms with Crippen LogP contribution in [-0.2, 0) is 11.8 Å². The van der Waals surface area contributed by atoms with Crippen LogP contribution in [0.1, 0.15) is 5.56 Å². The lowest BCUT2D eigenvalue weighted by molar-refractivity contribution is -0.105. The average Bonchev–Trinajstić information content (AvgIpc) is 2.97. The van der Waals surface area contributed by atoms with Gasteiger partial charge in [0, 0.05) is 31.1 Å². The molecule has 1 N–H and O–H groups in total. The molecule has 3 aromatic rings. The molecule has 1 amide bonds. The summed E-state index contributed by atoms with van der Waals surface area (Å²) in [7, 11) is 1.85. The van der Waals surface area contributed by atoms with Crippen LogP contribution in [-0.4, -0.2) is 26.2 Å². The van der Waals surface area contributed by atoms with Gasteiger partial charge in [-0.1, -0.05) is 0 Å². The molecular weight excluding hydrogens is 294 g/mol. The summed E-state index contributed by atoms with van der Waals surface area (Å²) in [6, 6.07) is 5.36. The summed E-state index contributed by atoms with van der Waals surface area (Å²) >= 11 is 0. The van der Waals surface area contributed by atoms with E-state index in [9.17, 15) is 4.79 Å². The summed E-state index contributed by atoms with van der Waals surface area (Å²) in [5.74, 6) is 1.75. The van der Waals surface area contributed by atoms with E-state index in [-0.39, 0.29) is 0 Å². The van der Waals surface area contributed by atoms with Crippen molar-refractivity contribution in [3.63, 3.8) is 0 Å². The zero-order valence-corrected chi connectivity index (χ0v) is 12.7. The lowest BCUT2D eigenvalue weighted by Crippen LogP contribution is -1.98. The lowest BCUT2D eigenvalue weighted by atomic mass is 10.2. The molecule has 116 valence electrons. The fourth-order valence-corrected chi connectivity index (χ4v) is 2.10. The van der Waals surface area contributed by atoms with E-state index in [1.165, 1.54) is 0 Å². The second-order valence-electron chi connectivity index (χ2n) is 4.98. The minimum atomic E-state index is 0.482. The molecule has 0 spiro atoms. The van der Waals surface area contributed by atoms with E-state index < -0.39 is 0 Å². The summed E-state index contributed by atoms with van der Waals surface area (Å²) in [5, 5.41) is 6.64. The van der Waals surface area contributed by atoms with Gasteiger partial charge in [0.25, 0.3) is 0 Å². The second kappa shape index (κ2) is 6.27. The van der Waals surface area contributed by atoms with E-state index in [1.807, 2.05) is 26.2 Å². The van der Waals surface area contributed by atoms with Crippen LogP contribution in [0.15, 0.2) is 43.0 Å². The topological polar surface area (TPSA) is 81.9 Å². The highest BCUT2D eigenvalue weighted by Gasteiger charge is 2.07. The Hall–Kier alpha value is -3.22. The van der Waals surface area contributed by atoms with E-state index in [0.717, 1.165) is 16.8 Å². The van der Waals surface area contributed by atoms with Gasteiger partial charge in [0.15, 0.2) is 0 Å². The number of amides is 1. The van der Waals surface area contributed by atoms with Gasteiger partial charge in [-0.2, -0.15) is 5.10 Å². The van der Waals surface area contributed by atoms with Crippen molar-refractivity contribution in [2.75, 3.05) is 5.32 Å². The molecular formula is C16H15N5O2. The van der Waals surface area contributed by atoms with E-state index in [2.05, 4.69) is 20.4 Å². The fraction of sp³-hybridized carbons (Fsp3) is 0.125. The van der Waals surface area contributed by atoms with E-state index in [0.29, 0.717) is 23.7 Å². The molecule has 0 unspecified atom stereocenters. The van der Waals surface area contributed by atoms with Gasteiger partial charge >= 0.3 is 0 Å². The van der Waals surface area contributed by atoms with Crippen LogP contribution in [0.5, 0.6) is 11.5 Å². The third kappa shape index (κ3) is 3.34. The molecule has 7 heteroatoms. The van der Waals surface area contributed by atoms with Crippen molar-refractivity contribution in [3.8, 4) is 22.8 Å². The number of carbonyl (C=O) groups excluding carboxylic acids is 1. The number of pyridine rings is 2. The maximum atomic E-state index is 10.4. The predicted octanol–water partition coefficient (Wildman–Crippen LogP) is 2.55. The zero-order chi connectivity index (χ0) is 16.2. The third-order valence-electron chi connectivity index (χ3n) is 3.23. The number of ether oxygens (including phenoxy) is 1. The van der Waals surface area contributed by atoms with Crippen LogP contribution in [0.4, 0.5) is 5.82 Å². The molecule has 3 rings (SSSR count). The maximum Gasteiger partial charge on any atom is 0.212 e.